The maximum Gasteiger partial charge on any atom is 0.190 e. The lowest BCUT2D eigenvalue weighted by Gasteiger charge is -2.15. The van der Waals surface area contributed by atoms with E-state index in [0.29, 0.717) is 5.92 Å². The van der Waals surface area contributed by atoms with Crippen molar-refractivity contribution in [3.8, 4) is 0 Å². The third-order valence-electron chi connectivity index (χ3n) is 3.16. The first-order valence-electron chi connectivity index (χ1n) is 7.28. The van der Waals surface area contributed by atoms with Crippen LogP contribution in [0.4, 0.5) is 0 Å². The number of thioether (sulfide) groups is 1. The molecule has 0 aromatic carbocycles. The lowest BCUT2D eigenvalue weighted by Crippen LogP contribution is -2.39. The first-order chi connectivity index (χ1) is 10.8. The van der Waals surface area contributed by atoms with Gasteiger partial charge in [0, 0.05) is 37.5 Å². The minimum Gasteiger partial charge on any atom is -0.356 e. The topological polar surface area (TPSA) is 49.3 Å². The molecule has 23 heavy (non-hydrogen) atoms. The number of rotatable bonds is 8. The molecule has 2 N–H and O–H groups in total. The molecule has 0 bridgehead atoms. The molecule has 0 aliphatic carbocycles. The second kappa shape index (κ2) is 12.1. The summed E-state index contributed by atoms with van der Waals surface area (Å²) in [5.41, 5.74) is 1.38. The van der Waals surface area contributed by atoms with E-state index in [9.17, 15) is 0 Å². The maximum atomic E-state index is 4.27. The number of aromatic nitrogens is 1. The van der Waals surface area contributed by atoms with Gasteiger partial charge in [0.2, 0.25) is 0 Å². The molecule has 0 amide bonds. The molecule has 2 rings (SSSR count). The average Bonchev–Trinajstić information content (AvgIpc) is 3.22. The number of nitrogens with one attached hydrogen (secondary N) is 2. The molecular weight excluding hydrogens is 459 g/mol. The summed E-state index contributed by atoms with van der Waals surface area (Å²) in [7, 11) is 1.81. The van der Waals surface area contributed by atoms with E-state index < -0.39 is 0 Å². The summed E-state index contributed by atoms with van der Waals surface area (Å²) in [5, 5.41) is 13.1. The number of thiazole rings is 1. The van der Waals surface area contributed by atoms with Crippen LogP contribution in [-0.4, -0.2) is 36.8 Å². The SMILES string of the molecule is CN=C(NCCCSc1nccs1)NCC(C)c1ccsc1.I. The third kappa shape index (κ3) is 7.86. The summed E-state index contributed by atoms with van der Waals surface area (Å²) in [6, 6.07) is 2.18. The number of hydrogen-bond acceptors (Lipinski definition) is 5. The van der Waals surface area contributed by atoms with E-state index in [4.69, 9.17) is 0 Å². The number of hydrogen-bond donors (Lipinski definition) is 2. The third-order valence-corrected chi connectivity index (χ3v) is 5.91. The normalized spacial score (nSPS) is 12.5. The molecule has 0 radical (unpaired) electrons. The molecule has 0 saturated carbocycles. The minimum absolute atomic E-state index is 0. The molecule has 2 aromatic heterocycles. The Morgan fingerprint density at radius 3 is 2.91 bits per heavy atom. The van der Waals surface area contributed by atoms with Crippen molar-refractivity contribution < 1.29 is 0 Å². The lowest BCUT2D eigenvalue weighted by atomic mass is 10.1. The summed E-state index contributed by atoms with van der Waals surface area (Å²) in [4.78, 5) is 8.53. The quantitative estimate of drug-likeness (QED) is 0.194. The van der Waals surface area contributed by atoms with Gasteiger partial charge in [-0.3, -0.25) is 4.99 Å². The molecule has 128 valence electrons. The Balaban J connectivity index is 0.00000264. The highest BCUT2D eigenvalue weighted by atomic mass is 127. The fourth-order valence-corrected chi connectivity index (χ4v) is 4.29. The van der Waals surface area contributed by atoms with Gasteiger partial charge in [0.25, 0.3) is 0 Å². The van der Waals surface area contributed by atoms with Gasteiger partial charge in [0.15, 0.2) is 5.96 Å². The fourth-order valence-electron chi connectivity index (χ4n) is 1.86. The van der Waals surface area contributed by atoms with Crippen LogP contribution < -0.4 is 10.6 Å². The summed E-state index contributed by atoms with van der Waals surface area (Å²) in [6.07, 6.45) is 2.94. The average molecular weight is 482 g/mol. The molecule has 0 spiro atoms. The highest BCUT2D eigenvalue weighted by molar-refractivity contribution is 14.0. The highest BCUT2D eigenvalue weighted by Crippen LogP contribution is 2.20. The summed E-state index contributed by atoms with van der Waals surface area (Å²) >= 11 is 5.25. The zero-order chi connectivity index (χ0) is 15.6. The molecule has 0 fully saturated rings. The van der Waals surface area contributed by atoms with Gasteiger partial charge in [-0.1, -0.05) is 18.7 Å². The van der Waals surface area contributed by atoms with Crippen LogP contribution in [0.3, 0.4) is 0 Å². The Kier molecular flexibility index (Phi) is 10.9. The van der Waals surface area contributed by atoms with Crippen LogP contribution in [0.5, 0.6) is 0 Å². The van der Waals surface area contributed by atoms with Crippen LogP contribution in [0.15, 0.2) is 37.7 Å². The molecule has 0 aliphatic heterocycles. The Hall–Kier alpha value is -0.320. The van der Waals surface area contributed by atoms with Crippen LogP contribution in [0.1, 0.15) is 24.8 Å². The van der Waals surface area contributed by atoms with Crippen LogP contribution in [0.2, 0.25) is 0 Å². The van der Waals surface area contributed by atoms with Gasteiger partial charge in [-0.25, -0.2) is 4.98 Å². The van der Waals surface area contributed by atoms with Crippen molar-refractivity contribution in [2.45, 2.75) is 23.6 Å². The van der Waals surface area contributed by atoms with Gasteiger partial charge >= 0.3 is 0 Å². The molecule has 2 heterocycles. The Labute approximate surface area is 167 Å². The molecule has 8 heteroatoms. The second-order valence-corrected chi connectivity index (χ2v) is 7.85. The fraction of sp³-hybridized carbons (Fsp3) is 0.467. The number of halogens is 1. The summed E-state index contributed by atoms with van der Waals surface area (Å²) < 4.78 is 1.15. The van der Waals surface area contributed by atoms with E-state index in [1.165, 1.54) is 5.56 Å². The Bertz CT molecular complexity index is 543. The summed E-state index contributed by atoms with van der Waals surface area (Å²) in [6.45, 7) is 4.04. The smallest absolute Gasteiger partial charge is 0.190 e. The van der Waals surface area contributed by atoms with Crippen LogP contribution in [0, 0.1) is 0 Å². The van der Waals surface area contributed by atoms with E-state index >= 15 is 0 Å². The van der Waals surface area contributed by atoms with Gasteiger partial charge < -0.3 is 10.6 Å². The van der Waals surface area contributed by atoms with Crippen molar-refractivity contribution >= 4 is 64.4 Å². The van der Waals surface area contributed by atoms with E-state index in [0.717, 1.165) is 35.6 Å². The Morgan fingerprint density at radius 2 is 2.26 bits per heavy atom. The molecule has 1 atom stereocenters. The maximum absolute atomic E-state index is 4.27. The van der Waals surface area contributed by atoms with Gasteiger partial charge in [-0.15, -0.1) is 35.3 Å². The predicted molar refractivity (Wildman–Crippen MR) is 115 cm³/mol. The highest BCUT2D eigenvalue weighted by Gasteiger charge is 2.06. The van der Waals surface area contributed by atoms with E-state index in [-0.39, 0.29) is 24.0 Å². The largest absolute Gasteiger partial charge is 0.356 e. The lowest BCUT2D eigenvalue weighted by molar-refractivity contribution is 0.698. The molecular formula is C15H23IN4S3. The van der Waals surface area contributed by atoms with Gasteiger partial charge in [-0.2, -0.15) is 11.3 Å². The minimum atomic E-state index is 0. The number of thiophene rings is 1. The predicted octanol–water partition coefficient (Wildman–Crippen LogP) is 4.27. The van der Waals surface area contributed by atoms with Crippen LogP contribution >= 0.6 is 58.4 Å². The van der Waals surface area contributed by atoms with Crippen molar-refractivity contribution in [3.63, 3.8) is 0 Å². The Morgan fingerprint density at radius 1 is 1.39 bits per heavy atom. The second-order valence-electron chi connectivity index (χ2n) is 4.84. The number of aliphatic imine (C=N–C) groups is 1. The van der Waals surface area contributed by atoms with Crippen molar-refractivity contribution in [3.05, 3.63) is 34.0 Å². The van der Waals surface area contributed by atoms with E-state index in [1.54, 1.807) is 22.7 Å². The van der Waals surface area contributed by atoms with Crippen LogP contribution in [0.25, 0.3) is 0 Å². The van der Waals surface area contributed by atoms with Crippen molar-refractivity contribution in [2.75, 3.05) is 25.9 Å². The standard InChI is InChI=1S/C15H22N4S3.HI/c1-12(13-4-8-20-11-13)10-19-14(16-2)17-5-3-7-21-15-18-6-9-22-15;/h4,6,8-9,11-12H,3,5,7,10H2,1-2H3,(H2,16,17,19);1H. The molecule has 1 unspecified atom stereocenters. The van der Waals surface area contributed by atoms with Gasteiger partial charge in [0.1, 0.15) is 4.34 Å². The first-order valence-corrected chi connectivity index (χ1v) is 10.1. The summed E-state index contributed by atoms with van der Waals surface area (Å²) in [5.74, 6) is 2.44. The molecule has 0 saturated heterocycles. The monoisotopic (exact) mass is 482 g/mol. The number of guanidine groups is 1. The zero-order valence-electron chi connectivity index (χ0n) is 13.3. The van der Waals surface area contributed by atoms with E-state index in [2.05, 4.69) is 44.4 Å². The van der Waals surface area contributed by atoms with Gasteiger partial charge in [-0.05, 0) is 34.7 Å². The first kappa shape index (κ1) is 20.7. The zero-order valence-corrected chi connectivity index (χ0v) is 18.1. The van der Waals surface area contributed by atoms with Gasteiger partial charge in [0.05, 0.1) is 0 Å². The van der Waals surface area contributed by atoms with E-state index in [1.807, 2.05) is 30.4 Å². The van der Waals surface area contributed by atoms with Crippen molar-refractivity contribution in [1.82, 2.24) is 15.6 Å². The molecule has 4 nitrogen and oxygen atoms in total. The van der Waals surface area contributed by atoms with Crippen LogP contribution in [-0.2, 0) is 0 Å². The number of nitrogens with zero attached hydrogens (tertiary/aromatic N) is 2. The van der Waals surface area contributed by atoms with Crippen molar-refractivity contribution in [1.29, 1.82) is 0 Å². The molecule has 2 aromatic rings. The molecule has 0 aliphatic rings. The van der Waals surface area contributed by atoms with Crippen molar-refractivity contribution in [2.24, 2.45) is 4.99 Å².